The van der Waals surface area contributed by atoms with E-state index < -0.39 is 0 Å². The second-order valence-electron chi connectivity index (χ2n) is 3.91. The normalized spacial score (nSPS) is 10.1. The summed E-state index contributed by atoms with van der Waals surface area (Å²) in [5.74, 6) is 0.316. The lowest BCUT2D eigenvalue weighted by molar-refractivity contribution is 0.102. The third kappa shape index (κ3) is 2.89. The molecule has 2 heterocycles. The molecule has 0 aliphatic heterocycles. The van der Waals surface area contributed by atoms with E-state index in [1.54, 1.807) is 24.5 Å². The van der Waals surface area contributed by atoms with Crippen LogP contribution in [0.15, 0.2) is 36.7 Å². The van der Waals surface area contributed by atoms with E-state index in [0.717, 1.165) is 5.56 Å². The standard InChI is InChI=1S/C13H14N4O/c1-9-2-4-16-12(6-9)17-13(18)10-3-5-15-11(7-10)8-14/h2-7H,8,14H2,1H3,(H,16,17,18). The van der Waals surface area contributed by atoms with Gasteiger partial charge in [-0.25, -0.2) is 4.98 Å². The van der Waals surface area contributed by atoms with Crippen LogP contribution >= 0.6 is 0 Å². The minimum atomic E-state index is -0.217. The van der Waals surface area contributed by atoms with Crippen molar-refractivity contribution in [2.75, 3.05) is 5.32 Å². The van der Waals surface area contributed by atoms with Gasteiger partial charge in [-0.2, -0.15) is 0 Å². The van der Waals surface area contributed by atoms with Crippen LogP contribution in [0.1, 0.15) is 21.6 Å². The predicted octanol–water partition coefficient (Wildman–Crippen LogP) is 1.50. The van der Waals surface area contributed by atoms with Crippen LogP contribution in [0.5, 0.6) is 0 Å². The van der Waals surface area contributed by atoms with Crippen LogP contribution in [-0.4, -0.2) is 15.9 Å². The summed E-state index contributed by atoms with van der Waals surface area (Å²) in [6.07, 6.45) is 3.23. The third-order valence-corrected chi connectivity index (χ3v) is 2.44. The maximum absolute atomic E-state index is 12.0. The molecule has 3 N–H and O–H groups in total. The van der Waals surface area contributed by atoms with Crippen molar-refractivity contribution in [2.24, 2.45) is 5.73 Å². The first-order chi connectivity index (χ1) is 8.69. The molecule has 2 aromatic rings. The van der Waals surface area contributed by atoms with Crippen molar-refractivity contribution in [2.45, 2.75) is 13.5 Å². The zero-order valence-electron chi connectivity index (χ0n) is 10.1. The Hall–Kier alpha value is -2.27. The van der Waals surface area contributed by atoms with Gasteiger partial charge in [0, 0.05) is 24.5 Å². The lowest BCUT2D eigenvalue weighted by Gasteiger charge is -2.05. The van der Waals surface area contributed by atoms with Gasteiger partial charge in [0.25, 0.3) is 5.91 Å². The molecule has 0 aromatic carbocycles. The summed E-state index contributed by atoms with van der Waals surface area (Å²) in [7, 11) is 0. The number of hydrogen-bond donors (Lipinski definition) is 2. The average Bonchev–Trinajstić information content (AvgIpc) is 2.39. The van der Waals surface area contributed by atoms with E-state index in [1.807, 2.05) is 19.1 Å². The monoisotopic (exact) mass is 242 g/mol. The Kier molecular flexibility index (Phi) is 3.64. The quantitative estimate of drug-likeness (QED) is 0.854. The molecule has 18 heavy (non-hydrogen) atoms. The highest BCUT2D eigenvalue weighted by Gasteiger charge is 2.07. The van der Waals surface area contributed by atoms with Crippen LogP contribution in [0.3, 0.4) is 0 Å². The van der Waals surface area contributed by atoms with E-state index >= 15 is 0 Å². The van der Waals surface area contributed by atoms with Gasteiger partial charge in [0.1, 0.15) is 5.82 Å². The first kappa shape index (κ1) is 12.2. The van der Waals surface area contributed by atoms with Gasteiger partial charge in [0.05, 0.1) is 5.69 Å². The molecule has 2 rings (SSSR count). The fourth-order valence-electron chi connectivity index (χ4n) is 1.52. The molecular formula is C13H14N4O. The third-order valence-electron chi connectivity index (χ3n) is 2.44. The molecule has 92 valence electrons. The number of anilines is 1. The first-order valence-electron chi connectivity index (χ1n) is 5.58. The molecule has 5 heteroatoms. The van der Waals surface area contributed by atoms with Crippen molar-refractivity contribution in [1.29, 1.82) is 0 Å². The molecule has 2 aromatic heterocycles. The predicted molar refractivity (Wildman–Crippen MR) is 69.1 cm³/mol. The number of nitrogens with two attached hydrogens (primary N) is 1. The maximum Gasteiger partial charge on any atom is 0.256 e. The summed E-state index contributed by atoms with van der Waals surface area (Å²) >= 11 is 0. The number of carbonyl (C=O) groups excluding carboxylic acids is 1. The number of pyridine rings is 2. The van der Waals surface area contributed by atoms with Crippen LogP contribution < -0.4 is 11.1 Å². The van der Waals surface area contributed by atoms with Gasteiger partial charge in [-0.1, -0.05) is 0 Å². The zero-order valence-corrected chi connectivity index (χ0v) is 10.1. The van der Waals surface area contributed by atoms with E-state index in [-0.39, 0.29) is 5.91 Å². The summed E-state index contributed by atoms with van der Waals surface area (Å²) < 4.78 is 0. The van der Waals surface area contributed by atoms with E-state index in [0.29, 0.717) is 23.6 Å². The lowest BCUT2D eigenvalue weighted by atomic mass is 10.2. The van der Waals surface area contributed by atoms with Crippen LogP contribution in [0.4, 0.5) is 5.82 Å². The van der Waals surface area contributed by atoms with Crippen LogP contribution in [0.25, 0.3) is 0 Å². The van der Waals surface area contributed by atoms with Gasteiger partial charge in [-0.05, 0) is 36.8 Å². The molecule has 0 bridgehead atoms. The van der Waals surface area contributed by atoms with E-state index in [4.69, 9.17) is 5.73 Å². The van der Waals surface area contributed by atoms with Crippen molar-refractivity contribution in [3.05, 3.63) is 53.5 Å². The molecule has 0 spiro atoms. The summed E-state index contributed by atoms with van der Waals surface area (Å²) in [6.45, 7) is 2.25. The molecule has 0 atom stereocenters. The molecular weight excluding hydrogens is 228 g/mol. The topological polar surface area (TPSA) is 80.9 Å². The molecule has 0 saturated carbocycles. The van der Waals surface area contributed by atoms with Crippen molar-refractivity contribution in [3.63, 3.8) is 0 Å². The Bertz CT molecular complexity index is 568. The molecule has 0 aliphatic rings. The van der Waals surface area contributed by atoms with Gasteiger partial charge in [0.2, 0.25) is 0 Å². The maximum atomic E-state index is 12.0. The van der Waals surface area contributed by atoms with Crippen molar-refractivity contribution in [3.8, 4) is 0 Å². The Balaban J connectivity index is 2.16. The summed E-state index contributed by atoms with van der Waals surface area (Å²) in [5.41, 5.74) is 7.73. The second kappa shape index (κ2) is 5.37. The van der Waals surface area contributed by atoms with E-state index in [1.165, 1.54) is 0 Å². The van der Waals surface area contributed by atoms with E-state index in [2.05, 4.69) is 15.3 Å². The summed E-state index contributed by atoms with van der Waals surface area (Å²) in [5, 5.41) is 2.73. The molecule has 0 radical (unpaired) electrons. The molecule has 0 unspecified atom stereocenters. The highest BCUT2D eigenvalue weighted by molar-refractivity contribution is 6.03. The number of amides is 1. The van der Waals surface area contributed by atoms with Crippen LogP contribution in [-0.2, 0) is 6.54 Å². The minimum Gasteiger partial charge on any atom is -0.325 e. The minimum absolute atomic E-state index is 0.217. The number of aryl methyl sites for hydroxylation is 1. The van der Waals surface area contributed by atoms with Gasteiger partial charge >= 0.3 is 0 Å². The lowest BCUT2D eigenvalue weighted by Crippen LogP contribution is -2.14. The fraction of sp³-hybridized carbons (Fsp3) is 0.154. The molecule has 1 amide bonds. The van der Waals surface area contributed by atoms with Crippen molar-refractivity contribution < 1.29 is 4.79 Å². The Morgan fingerprint density at radius 2 is 2.06 bits per heavy atom. The van der Waals surface area contributed by atoms with Gasteiger partial charge in [-0.15, -0.1) is 0 Å². The number of hydrogen-bond acceptors (Lipinski definition) is 4. The van der Waals surface area contributed by atoms with Crippen molar-refractivity contribution in [1.82, 2.24) is 9.97 Å². The molecule has 0 aliphatic carbocycles. The van der Waals surface area contributed by atoms with Crippen molar-refractivity contribution >= 4 is 11.7 Å². The SMILES string of the molecule is Cc1ccnc(NC(=O)c2ccnc(CN)c2)c1. The molecule has 5 nitrogen and oxygen atoms in total. The second-order valence-corrected chi connectivity index (χ2v) is 3.91. The number of nitrogens with one attached hydrogen (secondary N) is 1. The summed E-state index contributed by atoms with van der Waals surface area (Å²) in [6, 6.07) is 6.99. The van der Waals surface area contributed by atoms with Gasteiger partial charge in [-0.3, -0.25) is 9.78 Å². The van der Waals surface area contributed by atoms with Crippen LogP contribution in [0, 0.1) is 6.92 Å². The highest BCUT2D eigenvalue weighted by atomic mass is 16.1. The summed E-state index contributed by atoms with van der Waals surface area (Å²) in [4.78, 5) is 20.1. The Morgan fingerprint density at radius 3 is 2.78 bits per heavy atom. The average molecular weight is 242 g/mol. The van der Waals surface area contributed by atoms with Gasteiger partial charge < -0.3 is 11.1 Å². The van der Waals surface area contributed by atoms with Gasteiger partial charge in [0.15, 0.2) is 0 Å². The van der Waals surface area contributed by atoms with Crippen LogP contribution in [0.2, 0.25) is 0 Å². The first-order valence-corrected chi connectivity index (χ1v) is 5.58. The largest absolute Gasteiger partial charge is 0.325 e. The molecule has 0 fully saturated rings. The zero-order chi connectivity index (χ0) is 13.0. The van der Waals surface area contributed by atoms with E-state index in [9.17, 15) is 4.79 Å². The Morgan fingerprint density at radius 1 is 1.28 bits per heavy atom. The number of carbonyl (C=O) groups is 1. The molecule has 0 saturated heterocycles. The fourth-order valence-corrected chi connectivity index (χ4v) is 1.52. The smallest absolute Gasteiger partial charge is 0.256 e. The number of aromatic nitrogens is 2. The number of nitrogens with zero attached hydrogens (tertiary/aromatic N) is 2. The highest BCUT2D eigenvalue weighted by Crippen LogP contribution is 2.08. The number of rotatable bonds is 3. The Labute approximate surface area is 105 Å².